The second kappa shape index (κ2) is 12.2. The first-order valence-electron chi connectivity index (χ1n) is 15.5. The molecule has 0 bridgehead atoms. The highest BCUT2D eigenvalue weighted by Gasteiger charge is 2.35. The summed E-state index contributed by atoms with van der Waals surface area (Å²) in [6.45, 7) is 9.63. The summed E-state index contributed by atoms with van der Waals surface area (Å²) in [7, 11) is 4.17. The van der Waals surface area contributed by atoms with Gasteiger partial charge in [0.1, 0.15) is 23.8 Å². The number of likely N-dealkylation sites (tertiary alicyclic amines) is 2. The predicted octanol–water partition coefficient (Wildman–Crippen LogP) is 5.90. The molecule has 0 radical (unpaired) electrons. The molecule has 9 nitrogen and oxygen atoms in total. The zero-order valence-electron chi connectivity index (χ0n) is 26.3. The number of carbonyl (C=O) groups is 1. The summed E-state index contributed by atoms with van der Waals surface area (Å²) in [4.78, 5) is 31.2. The largest absolute Gasteiger partial charge is 0.462 e. The lowest BCUT2D eigenvalue weighted by Gasteiger charge is -2.35. The van der Waals surface area contributed by atoms with Crippen molar-refractivity contribution in [3.8, 4) is 6.01 Å². The van der Waals surface area contributed by atoms with Crippen molar-refractivity contribution in [2.75, 3.05) is 56.7 Å². The Morgan fingerprint density at radius 3 is 2.70 bits per heavy atom. The van der Waals surface area contributed by atoms with Crippen LogP contribution in [0.25, 0.3) is 10.8 Å². The molecule has 1 unspecified atom stereocenters. The van der Waals surface area contributed by atoms with Crippen molar-refractivity contribution in [3.63, 3.8) is 0 Å². The van der Waals surface area contributed by atoms with E-state index in [0.717, 1.165) is 54.0 Å². The number of hydrogen-bond donors (Lipinski definition) is 0. The first kappa shape index (κ1) is 30.6. The van der Waals surface area contributed by atoms with Crippen LogP contribution in [0.2, 0.25) is 5.02 Å². The Morgan fingerprint density at radius 1 is 1.14 bits per heavy atom. The number of benzene rings is 2. The number of ether oxygens (including phenoxy) is 2. The highest BCUT2D eigenvalue weighted by molar-refractivity contribution is 6.36. The SMILES string of the molecule is CN(c1nc(OC[C@@H]2CCCN2C)nc2c1CCN(c1cccc3ccc(F)c(Cl)c13)C2)C1CCN(C(=O)OC(C)(C)C)C1. The second-order valence-corrected chi connectivity index (χ2v) is 13.6. The lowest BCUT2D eigenvalue weighted by atomic mass is 10.0. The third-order valence-corrected chi connectivity index (χ3v) is 9.42. The van der Waals surface area contributed by atoms with Crippen LogP contribution in [0.15, 0.2) is 30.3 Å². The summed E-state index contributed by atoms with van der Waals surface area (Å²) in [5.41, 5.74) is 2.29. The molecule has 6 rings (SSSR count). The second-order valence-electron chi connectivity index (χ2n) is 13.2. The molecule has 2 saturated heterocycles. The Kier molecular flexibility index (Phi) is 8.50. The smallest absolute Gasteiger partial charge is 0.410 e. The van der Waals surface area contributed by atoms with Crippen LogP contribution in [0.3, 0.4) is 0 Å². The van der Waals surface area contributed by atoms with Gasteiger partial charge in [-0.15, -0.1) is 0 Å². The van der Waals surface area contributed by atoms with E-state index in [4.69, 9.17) is 31.0 Å². The van der Waals surface area contributed by atoms with Gasteiger partial charge < -0.3 is 29.1 Å². The number of likely N-dealkylation sites (N-methyl/N-ethyl adjacent to an activating group) is 2. The van der Waals surface area contributed by atoms with Gasteiger partial charge in [0.15, 0.2) is 0 Å². The molecule has 4 heterocycles. The average Bonchev–Trinajstić information content (AvgIpc) is 3.65. The zero-order chi connectivity index (χ0) is 31.2. The molecule has 0 spiro atoms. The number of amides is 1. The molecule has 11 heteroatoms. The molecule has 3 aromatic rings. The van der Waals surface area contributed by atoms with E-state index >= 15 is 0 Å². The van der Waals surface area contributed by atoms with Gasteiger partial charge in [0.25, 0.3) is 0 Å². The number of fused-ring (bicyclic) bond motifs is 2. The fourth-order valence-corrected chi connectivity index (χ4v) is 6.86. The number of carbonyl (C=O) groups excluding carboxylic acids is 1. The molecule has 1 aromatic heterocycles. The molecule has 0 aliphatic carbocycles. The molecule has 2 aromatic carbocycles. The predicted molar refractivity (Wildman–Crippen MR) is 171 cm³/mol. The molecule has 2 atom stereocenters. The Morgan fingerprint density at radius 2 is 1.95 bits per heavy atom. The van der Waals surface area contributed by atoms with Gasteiger partial charge >= 0.3 is 12.1 Å². The Balaban J connectivity index is 1.30. The van der Waals surface area contributed by atoms with E-state index in [-0.39, 0.29) is 17.2 Å². The maximum absolute atomic E-state index is 14.5. The summed E-state index contributed by atoms with van der Waals surface area (Å²) in [5, 5.41) is 1.73. The van der Waals surface area contributed by atoms with E-state index in [0.29, 0.717) is 56.6 Å². The molecule has 236 valence electrons. The normalized spacial score (nSPS) is 20.7. The van der Waals surface area contributed by atoms with E-state index < -0.39 is 11.4 Å². The molecule has 0 saturated carbocycles. The van der Waals surface area contributed by atoms with Crippen molar-refractivity contribution in [3.05, 3.63) is 52.4 Å². The molecule has 0 N–H and O–H groups in total. The highest BCUT2D eigenvalue weighted by Crippen LogP contribution is 2.38. The third kappa shape index (κ3) is 6.24. The monoisotopic (exact) mass is 624 g/mol. The van der Waals surface area contributed by atoms with Crippen molar-refractivity contribution in [1.82, 2.24) is 19.8 Å². The minimum atomic E-state index is -0.543. The van der Waals surface area contributed by atoms with Gasteiger partial charge in [-0.3, -0.25) is 0 Å². The molecule has 1 amide bonds. The van der Waals surface area contributed by atoms with Crippen molar-refractivity contribution in [1.29, 1.82) is 0 Å². The minimum Gasteiger partial charge on any atom is -0.462 e. The van der Waals surface area contributed by atoms with E-state index in [1.54, 1.807) is 11.0 Å². The van der Waals surface area contributed by atoms with Crippen LogP contribution in [-0.4, -0.2) is 90.4 Å². The van der Waals surface area contributed by atoms with Gasteiger partial charge in [-0.1, -0.05) is 29.8 Å². The summed E-state index contributed by atoms with van der Waals surface area (Å²) in [5.74, 6) is 0.405. The molecule has 3 aliphatic heterocycles. The lowest BCUT2D eigenvalue weighted by Crippen LogP contribution is -2.40. The van der Waals surface area contributed by atoms with Crippen LogP contribution in [-0.2, 0) is 17.7 Å². The topological polar surface area (TPSA) is 74.3 Å². The average molecular weight is 625 g/mol. The number of halogens is 2. The fourth-order valence-electron chi connectivity index (χ4n) is 6.59. The Bertz CT molecular complexity index is 1550. The minimum absolute atomic E-state index is 0.0770. The Labute approximate surface area is 263 Å². The van der Waals surface area contributed by atoms with Crippen LogP contribution in [0, 0.1) is 5.82 Å². The van der Waals surface area contributed by atoms with Gasteiger partial charge in [-0.25, -0.2) is 9.18 Å². The molecular formula is C33H42ClFN6O3. The number of nitrogens with zero attached hydrogens (tertiary/aromatic N) is 6. The quantitative estimate of drug-likeness (QED) is 0.336. The highest BCUT2D eigenvalue weighted by atomic mass is 35.5. The van der Waals surface area contributed by atoms with Crippen molar-refractivity contribution < 1.29 is 18.7 Å². The van der Waals surface area contributed by atoms with E-state index in [1.807, 2.05) is 46.0 Å². The van der Waals surface area contributed by atoms with Gasteiger partial charge in [0.2, 0.25) is 0 Å². The van der Waals surface area contributed by atoms with E-state index in [2.05, 4.69) is 21.7 Å². The summed E-state index contributed by atoms with van der Waals surface area (Å²) >= 11 is 6.51. The number of hydrogen-bond acceptors (Lipinski definition) is 8. The van der Waals surface area contributed by atoms with Gasteiger partial charge in [-0.05, 0) is 77.6 Å². The maximum Gasteiger partial charge on any atom is 0.410 e. The first-order valence-corrected chi connectivity index (χ1v) is 15.9. The number of anilines is 2. The van der Waals surface area contributed by atoms with Crippen molar-refractivity contribution in [2.24, 2.45) is 0 Å². The van der Waals surface area contributed by atoms with E-state index in [9.17, 15) is 9.18 Å². The van der Waals surface area contributed by atoms with Crippen LogP contribution < -0.4 is 14.5 Å². The summed E-state index contributed by atoms with van der Waals surface area (Å²) in [6, 6.07) is 9.86. The van der Waals surface area contributed by atoms with Crippen LogP contribution in [0.5, 0.6) is 6.01 Å². The van der Waals surface area contributed by atoms with Gasteiger partial charge in [-0.2, -0.15) is 9.97 Å². The maximum atomic E-state index is 14.5. The van der Waals surface area contributed by atoms with Crippen LogP contribution in [0.1, 0.15) is 51.3 Å². The summed E-state index contributed by atoms with van der Waals surface area (Å²) < 4.78 is 26.5. The zero-order valence-corrected chi connectivity index (χ0v) is 27.0. The number of aromatic nitrogens is 2. The molecule has 3 aliphatic rings. The molecular weight excluding hydrogens is 583 g/mol. The lowest BCUT2D eigenvalue weighted by molar-refractivity contribution is 0.0292. The van der Waals surface area contributed by atoms with Crippen molar-refractivity contribution in [2.45, 2.75) is 70.7 Å². The first-order chi connectivity index (χ1) is 21.0. The van der Waals surface area contributed by atoms with Crippen LogP contribution in [0.4, 0.5) is 20.7 Å². The summed E-state index contributed by atoms with van der Waals surface area (Å²) in [6.07, 6.45) is 3.46. The molecule has 44 heavy (non-hydrogen) atoms. The molecule has 2 fully saturated rings. The number of rotatable bonds is 6. The third-order valence-electron chi connectivity index (χ3n) is 9.05. The van der Waals surface area contributed by atoms with Gasteiger partial charge in [0, 0.05) is 55.4 Å². The standard InChI is InChI=1S/C33H42ClFN6O3/c1-33(2,3)44-32(42)41-16-13-22(18-41)39(5)30-24-14-17-40(27-10-6-8-21-11-12-25(35)29(34)28(21)27)19-26(24)36-31(37-30)43-20-23-9-7-15-38(23)4/h6,8,10-12,22-23H,7,9,13-20H2,1-5H3/t22?,23-/m0/s1. The van der Waals surface area contributed by atoms with Crippen LogP contribution >= 0.6 is 11.6 Å². The van der Waals surface area contributed by atoms with E-state index in [1.165, 1.54) is 6.07 Å². The Hall–Kier alpha value is -3.37. The van der Waals surface area contributed by atoms with Gasteiger partial charge in [0.05, 0.1) is 17.3 Å². The fraction of sp³-hybridized carbons (Fsp3) is 0.545. The van der Waals surface area contributed by atoms with Crippen molar-refractivity contribution >= 4 is 40.0 Å².